The van der Waals surface area contributed by atoms with Crippen molar-refractivity contribution in [3.63, 3.8) is 0 Å². The number of rotatable bonds is 7. The van der Waals surface area contributed by atoms with Gasteiger partial charge in [-0.05, 0) is 31.4 Å². The molecule has 1 aromatic rings. The largest absolute Gasteiger partial charge is 0.337 e. The first-order chi connectivity index (χ1) is 9.57. The fraction of sp³-hybridized carbons (Fsp3) is 0.667. The van der Waals surface area contributed by atoms with E-state index in [0.29, 0.717) is 5.92 Å². The minimum Gasteiger partial charge on any atom is -0.337 e. The lowest BCUT2D eigenvalue weighted by Gasteiger charge is -2.22. The van der Waals surface area contributed by atoms with Gasteiger partial charge in [0.25, 0.3) is 0 Å². The summed E-state index contributed by atoms with van der Waals surface area (Å²) in [6.07, 6.45) is 2.04. The van der Waals surface area contributed by atoms with Gasteiger partial charge in [-0.3, -0.25) is 4.79 Å². The zero-order valence-corrected chi connectivity index (χ0v) is 13.8. The van der Waals surface area contributed by atoms with Crippen molar-refractivity contribution < 1.29 is 4.79 Å². The predicted molar refractivity (Wildman–Crippen MR) is 81.9 cm³/mol. The van der Waals surface area contributed by atoms with E-state index in [2.05, 4.69) is 28.5 Å². The van der Waals surface area contributed by atoms with E-state index in [1.165, 1.54) is 23.1 Å². The van der Waals surface area contributed by atoms with Gasteiger partial charge in [-0.1, -0.05) is 41.8 Å². The maximum absolute atomic E-state index is 11.9. The highest BCUT2D eigenvalue weighted by Crippen LogP contribution is 2.39. The lowest BCUT2D eigenvalue weighted by atomic mass is 9.98. The fourth-order valence-electron chi connectivity index (χ4n) is 1.77. The number of nitriles is 1. The van der Waals surface area contributed by atoms with Crippen LogP contribution in [-0.4, -0.2) is 33.1 Å². The van der Waals surface area contributed by atoms with Crippen molar-refractivity contribution in [3.05, 3.63) is 0 Å². The monoisotopic (exact) mass is 328 g/mol. The minimum atomic E-state index is -0.720. The summed E-state index contributed by atoms with van der Waals surface area (Å²) in [5.74, 6) is 1.42. The Morgan fingerprint density at radius 1 is 1.50 bits per heavy atom. The first-order valence-electron chi connectivity index (χ1n) is 6.38. The molecular weight excluding hydrogens is 312 g/mol. The molecule has 1 aliphatic rings. The molecule has 1 amide bonds. The molecule has 1 heterocycles. The van der Waals surface area contributed by atoms with Crippen LogP contribution in [0.15, 0.2) is 8.68 Å². The third kappa shape index (κ3) is 4.11. The number of amides is 1. The summed E-state index contributed by atoms with van der Waals surface area (Å²) in [4.78, 5) is 11.9. The maximum atomic E-state index is 11.9. The Balaban J connectivity index is 1.81. The molecule has 0 spiro atoms. The highest BCUT2D eigenvalue weighted by Gasteiger charge is 2.42. The van der Waals surface area contributed by atoms with Crippen molar-refractivity contribution in [2.75, 3.05) is 11.5 Å². The van der Waals surface area contributed by atoms with E-state index in [1.54, 1.807) is 18.7 Å². The van der Waals surface area contributed by atoms with Gasteiger partial charge in [-0.15, -0.1) is 10.2 Å². The number of aromatic nitrogens is 2. The Hall–Kier alpha value is -0.780. The van der Waals surface area contributed by atoms with Crippen LogP contribution in [0, 0.1) is 17.2 Å². The van der Waals surface area contributed by atoms with Crippen LogP contribution in [0.2, 0.25) is 0 Å². The third-order valence-corrected chi connectivity index (χ3v) is 6.08. The second-order valence-electron chi connectivity index (χ2n) is 4.69. The van der Waals surface area contributed by atoms with Crippen LogP contribution in [0.4, 0.5) is 0 Å². The topological polar surface area (TPSA) is 78.7 Å². The number of carbonyl (C=O) groups excluding carboxylic acids is 1. The highest BCUT2D eigenvalue weighted by atomic mass is 32.2. The Bertz CT molecular complexity index is 523. The molecule has 0 aromatic carbocycles. The van der Waals surface area contributed by atoms with E-state index in [1.807, 2.05) is 0 Å². The van der Waals surface area contributed by atoms with E-state index >= 15 is 0 Å². The van der Waals surface area contributed by atoms with Crippen molar-refractivity contribution in [1.29, 1.82) is 5.26 Å². The molecule has 0 bridgehead atoms. The van der Waals surface area contributed by atoms with E-state index < -0.39 is 5.54 Å². The SMILES string of the molecule is CCSc1nnc(SCC(=O)NC(C)(C#N)C2CC2)s1. The summed E-state index contributed by atoms with van der Waals surface area (Å²) >= 11 is 4.51. The molecule has 0 aliphatic heterocycles. The summed E-state index contributed by atoms with van der Waals surface area (Å²) in [6, 6.07) is 2.22. The number of nitrogens with one attached hydrogen (secondary N) is 1. The van der Waals surface area contributed by atoms with Crippen molar-refractivity contribution in [2.45, 2.75) is 40.9 Å². The molecule has 20 heavy (non-hydrogen) atoms. The summed E-state index contributed by atoms with van der Waals surface area (Å²) in [7, 11) is 0. The van der Waals surface area contributed by atoms with Gasteiger partial charge in [0.2, 0.25) is 5.91 Å². The molecule has 8 heteroatoms. The molecule has 1 unspecified atom stereocenters. The molecule has 1 aromatic heterocycles. The molecule has 1 aliphatic carbocycles. The van der Waals surface area contributed by atoms with Crippen LogP contribution in [0.25, 0.3) is 0 Å². The van der Waals surface area contributed by atoms with Crippen LogP contribution >= 0.6 is 34.9 Å². The van der Waals surface area contributed by atoms with Crippen LogP contribution in [0.5, 0.6) is 0 Å². The molecule has 5 nitrogen and oxygen atoms in total. The van der Waals surface area contributed by atoms with Gasteiger partial charge in [0, 0.05) is 0 Å². The van der Waals surface area contributed by atoms with Crippen molar-refractivity contribution in [3.8, 4) is 6.07 Å². The van der Waals surface area contributed by atoms with Gasteiger partial charge in [0.15, 0.2) is 8.68 Å². The summed E-state index contributed by atoms with van der Waals surface area (Å²) in [5, 5.41) is 20.1. The molecule has 2 rings (SSSR count). The molecule has 1 fully saturated rings. The van der Waals surface area contributed by atoms with Gasteiger partial charge in [-0.25, -0.2) is 0 Å². The van der Waals surface area contributed by atoms with Gasteiger partial charge < -0.3 is 5.32 Å². The second kappa shape index (κ2) is 6.78. The average Bonchev–Trinajstić information content (AvgIpc) is 3.19. The molecule has 0 radical (unpaired) electrons. The van der Waals surface area contributed by atoms with E-state index in [-0.39, 0.29) is 11.7 Å². The summed E-state index contributed by atoms with van der Waals surface area (Å²) in [6.45, 7) is 3.86. The standard InChI is InChI=1S/C12H16N4OS3/c1-3-18-10-15-16-11(20-10)19-6-9(17)14-12(2,7-13)8-4-5-8/h8H,3-6H2,1-2H3,(H,14,17). The summed E-state index contributed by atoms with van der Waals surface area (Å²) < 4.78 is 1.72. The smallest absolute Gasteiger partial charge is 0.231 e. The Morgan fingerprint density at radius 3 is 2.70 bits per heavy atom. The van der Waals surface area contributed by atoms with Crippen molar-refractivity contribution >= 4 is 40.8 Å². The predicted octanol–water partition coefficient (Wildman–Crippen LogP) is 2.55. The number of thioether (sulfide) groups is 2. The lowest BCUT2D eigenvalue weighted by Crippen LogP contribution is -2.47. The quantitative estimate of drug-likeness (QED) is 0.775. The highest BCUT2D eigenvalue weighted by molar-refractivity contribution is 8.03. The van der Waals surface area contributed by atoms with E-state index in [9.17, 15) is 10.1 Å². The van der Waals surface area contributed by atoms with Crippen LogP contribution in [0.3, 0.4) is 0 Å². The minimum absolute atomic E-state index is 0.120. The molecular formula is C12H16N4OS3. The number of hydrogen-bond donors (Lipinski definition) is 1. The first kappa shape index (κ1) is 15.6. The van der Waals surface area contributed by atoms with Crippen molar-refractivity contribution in [2.24, 2.45) is 5.92 Å². The fourth-order valence-corrected chi connectivity index (χ4v) is 4.49. The van der Waals surface area contributed by atoms with Gasteiger partial charge >= 0.3 is 0 Å². The van der Waals surface area contributed by atoms with E-state index in [4.69, 9.17) is 0 Å². The van der Waals surface area contributed by atoms with Crippen LogP contribution in [0.1, 0.15) is 26.7 Å². The van der Waals surface area contributed by atoms with Gasteiger partial charge in [0.1, 0.15) is 5.54 Å². The average molecular weight is 328 g/mol. The molecule has 1 N–H and O–H groups in total. The Morgan fingerprint density at radius 2 is 2.15 bits per heavy atom. The number of nitrogens with zero attached hydrogens (tertiary/aromatic N) is 3. The zero-order valence-electron chi connectivity index (χ0n) is 11.4. The second-order valence-corrected chi connectivity index (χ2v) is 8.40. The first-order valence-corrected chi connectivity index (χ1v) is 9.17. The molecule has 1 saturated carbocycles. The van der Waals surface area contributed by atoms with Crippen molar-refractivity contribution in [1.82, 2.24) is 15.5 Å². The normalized spacial score (nSPS) is 17.2. The molecule has 1 atom stereocenters. The van der Waals surface area contributed by atoms with E-state index in [0.717, 1.165) is 27.3 Å². The third-order valence-electron chi connectivity index (χ3n) is 3.01. The number of hydrogen-bond acceptors (Lipinski definition) is 7. The van der Waals surface area contributed by atoms with Gasteiger partial charge in [0.05, 0.1) is 11.8 Å². The number of carbonyl (C=O) groups is 1. The molecule has 0 saturated heterocycles. The Kier molecular flexibility index (Phi) is 5.29. The zero-order chi connectivity index (χ0) is 14.6. The van der Waals surface area contributed by atoms with Crippen LogP contribution < -0.4 is 5.32 Å². The lowest BCUT2D eigenvalue weighted by molar-refractivity contribution is -0.119. The van der Waals surface area contributed by atoms with Gasteiger partial charge in [-0.2, -0.15) is 5.26 Å². The maximum Gasteiger partial charge on any atom is 0.231 e. The summed E-state index contributed by atoms with van der Waals surface area (Å²) in [5.41, 5.74) is -0.720. The van der Waals surface area contributed by atoms with Crippen LogP contribution in [-0.2, 0) is 4.79 Å². The molecule has 108 valence electrons. The Labute approximate surface area is 130 Å².